The van der Waals surface area contributed by atoms with E-state index in [2.05, 4.69) is 25.4 Å². The minimum absolute atomic E-state index is 0.527. The molecule has 17 heavy (non-hydrogen) atoms. The quantitative estimate of drug-likeness (QED) is 0.581. The van der Waals surface area contributed by atoms with Crippen molar-refractivity contribution in [1.82, 2.24) is 19.9 Å². The first-order valence-corrected chi connectivity index (χ1v) is 5.52. The zero-order chi connectivity index (χ0) is 11.7. The van der Waals surface area contributed by atoms with Gasteiger partial charge < -0.3 is 5.43 Å². The van der Waals surface area contributed by atoms with E-state index in [1.165, 1.54) is 0 Å². The Bertz CT molecular complexity index is 539. The molecule has 6 nitrogen and oxygen atoms in total. The van der Waals surface area contributed by atoms with Gasteiger partial charge in [-0.25, -0.2) is 25.8 Å². The number of aromatic nitrogens is 4. The van der Waals surface area contributed by atoms with Crippen molar-refractivity contribution >= 4 is 5.82 Å². The lowest BCUT2D eigenvalue weighted by Crippen LogP contribution is -2.13. The van der Waals surface area contributed by atoms with Crippen LogP contribution in [0.1, 0.15) is 17.7 Å². The topological polar surface area (TPSA) is 89.6 Å². The van der Waals surface area contributed by atoms with Crippen LogP contribution >= 0.6 is 0 Å². The van der Waals surface area contributed by atoms with Gasteiger partial charge in [0.05, 0.1) is 0 Å². The Labute approximate surface area is 98.3 Å². The molecule has 0 aromatic carbocycles. The summed E-state index contributed by atoms with van der Waals surface area (Å²) in [4.78, 5) is 17.2. The molecule has 0 radical (unpaired) electrons. The summed E-state index contributed by atoms with van der Waals surface area (Å²) in [6.07, 6.45) is 6.39. The Morgan fingerprint density at radius 3 is 2.65 bits per heavy atom. The Balaban J connectivity index is 2.13. The van der Waals surface area contributed by atoms with Crippen LogP contribution in [0.2, 0.25) is 0 Å². The number of hydrazine groups is 1. The first-order valence-electron chi connectivity index (χ1n) is 5.52. The van der Waals surface area contributed by atoms with Gasteiger partial charge in [-0.2, -0.15) is 0 Å². The fourth-order valence-electron chi connectivity index (χ4n) is 2.07. The molecule has 3 rings (SSSR count). The Hall–Kier alpha value is -2.08. The fourth-order valence-corrected chi connectivity index (χ4v) is 2.07. The van der Waals surface area contributed by atoms with Crippen LogP contribution in [0.15, 0.2) is 18.5 Å². The van der Waals surface area contributed by atoms with Gasteiger partial charge in [-0.3, -0.25) is 0 Å². The molecular formula is C11H12N6. The third kappa shape index (κ3) is 1.72. The highest BCUT2D eigenvalue weighted by Gasteiger charge is 2.19. The van der Waals surface area contributed by atoms with E-state index in [1.54, 1.807) is 18.5 Å². The average Bonchev–Trinajstić information content (AvgIpc) is 2.86. The van der Waals surface area contributed by atoms with Crippen LogP contribution in [0, 0.1) is 0 Å². The Morgan fingerprint density at radius 1 is 1.06 bits per heavy atom. The van der Waals surface area contributed by atoms with Gasteiger partial charge in [-0.1, -0.05) is 0 Å². The first-order chi connectivity index (χ1) is 8.38. The minimum atomic E-state index is 0.527. The number of nitrogen functional groups attached to an aromatic ring is 1. The molecular weight excluding hydrogens is 216 g/mol. The highest BCUT2D eigenvalue weighted by atomic mass is 15.3. The number of nitrogens with zero attached hydrogens (tertiary/aromatic N) is 4. The Morgan fingerprint density at radius 2 is 1.88 bits per heavy atom. The van der Waals surface area contributed by atoms with Gasteiger partial charge in [0.2, 0.25) is 0 Å². The van der Waals surface area contributed by atoms with Crippen molar-refractivity contribution in [1.29, 1.82) is 0 Å². The summed E-state index contributed by atoms with van der Waals surface area (Å²) in [7, 11) is 0. The second-order valence-corrected chi connectivity index (χ2v) is 3.89. The van der Waals surface area contributed by atoms with E-state index >= 15 is 0 Å². The van der Waals surface area contributed by atoms with E-state index in [9.17, 15) is 0 Å². The van der Waals surface area contributed by atoms with E-state index < -0.39 is 0 Å². The number of rotatable bonds is 2. The van der Waals surface area contributed by atoms with Gasteiger partial charge in [0.25, 0.3) is 0 Å². The fraction of sp³-hybridized carbons (Fsp3) is 0.273. The maximum Gasteiger partial charge on any atom is 0.199 e. The third-order valence-electron chi connectivity index (χ3n) is 2.84. The molecule has 0 atom stereocenters. The van der Waals surface area contributed by atoms with Crippen LogP contribution in [0.25, 0.3) is 11.6 Å². The number of fused-ring (bicyclic) bond motifs is 1. The second kappa shape index (κ2) is 4.06. The summed E-state index contributed by atoms with van der Waals surface area (Å²) in [6.45, 7) is 0. The first kappa shape index (κ1) is 10.1. The van der Waals surface area contributed by atoms with E-state index in [1.807, 2.05) is 0 Å². The van der Waals surface area contributed by atoms with Crippen molar-refractivity contribution in [3.05, 3.63) is 29.7 Å². The summed E-state index contributed by atoms with van der Waals surface area (Å²) in [6, 6.07) is 1.76. The Kier molecular flexibility index (Phi) is 2.41. The van der Waals surface area contributed by atoms with Crippen molar-refractivity contribution < 1.29 is 0 Å². The molecule has 2 aromatic heterocycles. The summed E-state index contributed by atoms with van der Waals surface area (Å²) >= 11 is 0. The third-order valence-corrected chi connectivity index (χ3v) is 2.84. The minimum Gasteiger partial charge on any atom is -0.308 e. The molecule has 0 saturated heterocycles. The van der Waals surface area contributed by atoms with Gasteiger partial charge in [-0.15, -0.1) is 0 Å². The van der Waals surface area contributed by atoms with Gasteiger partial charge in [0.1, 0.15) is 5.82 Å². The van der Waals surface area contributed by atoms with Crippen LogP contribution in [-0.4, -0.2) is 19.9 Å². The monoisotopic (exact) mass is 228 g/mol. The number of aryl methyl sites for hydroxylation is 1. The number of hydrogen-bond acceptors (Lipinski definition) is 6. The molecule has 1 aliphatic rings. The van der Waals surface area contributed by atoms with Crippen LogP contribution in [0.5, 0.6) is 0 Å². The van der Waals surface area contributed by atoms with Crippen molar-refractivity contribution in [2.45, 2.75) is 19.3 Å². The molecule has 3 N–H and O–H groups in total. The number of nitrogens with two attached hydrogens (primary N) is 1. The molecule has 2 aromatic rings. The molecule has 2 heterocycles. The second-order valence-electron chi connectivity index (χ2n) is 3.89. The molecule has 0 amide bonds. The van der Waals surface area contributed by atoms with Crippen molar-refractivity contribution in [3.8, 4) is 11.6 Å². The summed E-state index contributed by atoms with van der Waals surface area (Å²) in [5, 5.41) is 0. The highest BCUT2D eigenvalue weighted by Crippen LogP contribution is 2.27. The molecule has 0 fully saturated rings. The van der Waals surface area contributed by atoms with Gasteiger partial charge in [-0.05, 0) is 25.3 Å². The molecule has 0 saturated carbocycles. The van der Waals surface area contributed by atoms with Crippen LogP contribution in [0.4, 0.5) is 5.82 Å². The maximum atomic E-state index is 5.49. The molecule has 0 unspecified atom stereocenters. The number of nitrogens with one attached hydrogen (secondary N) is 1. The molecule has 0 spiro atoms. The lowest BCUT2D eigenvalue weighted by Gasteiger charge is -2.08. The van der Waals surface area contributed by atoms with Crippen LogP contribution in [-0.2, 0) is 12.8 Å². The lowest BCUT2D eigenvalue weighted by molar-refractivity contribution is 0.899. The molecule has 6 heteroatoms. The zero-order valence-electron chi connectivity index (χ0n) is 9.22. The maximum absolute atomic E-state index is 5.49. The van der Waals surface area contributed by atoms with E-state index in [-0.39, 0.29) is 0 Å². The van der Waals surface area contributed by atoms with Crippen molar-refractivity contribution in [2.75, 3.05) is 5.43 Å². The average molecular weight is 228 g/mol. The lowest BCUT2D eigenvalue weighted by atomic mass is 10.2. The number of hydrogen-bond donors (Lipinski definition) is 2. The highest BCUT2D eigenvalue weighted by molar-refractivity contribution is 5.54. The van der Waals surface area contributed by atoms with Crippen molar-refractivity contribution in [2.24, 2.45) is 5.84 Å². The van der Waals surface area contributed by atoms with Crippen LogP contribution in [0.3, 0.4) is 0 Å². The van der Waals surface area contributed by atoms with Gasteiger partial charge in [0.15, 0.2) is 11.6 Å². The molecule has 86 valence electrons. The smallest absolute Gasteiger partial charge is 0.199 e. The van der Waals surface area contributed by atoms with Gasteiger partial charge in [0, 0.05) is 23.7 Å². The normalized spacial score (nSPS) is 13.5. The van der Waals surface area contributed by atoms with Crippen molar-refractivity contribution in [3.63, 3.8) is 0 Å². The molecule has 0 aliphatic heterocycles. The van der Waals surface area contributed by atoms with Gasteiger partial charge >= 0.3 is 0 Å². The molecule has 1 aliphatic carbocycles. The number of anilines is 1. The summed E-state index contributed by atoms with van der Waals surface area (Å²) < 4.78 is 0. The SMILES string of the molecule is NNc1nc(-c2ncccn2)nc2c1CCC2. The predicted molar refractivity (Wildman–Crippen MR) is 62.9 cm³/mol. The standard InChI is InChI=1S/C11H12N6/c12-17-9-7-3-1-4-8(7)15-11(16-9)10-13-5-2-6-14-10/h2,5-6H,1,3-4,12H2,(H,15,16,17). The van der Waals surface area contributed by atoms with Crippen LogP contribution < -0.4 is 11.3 Å². The summed E-state index contributed by atoms with van der Waals surface area (Å²) in [5.74, 6) is 7.23. The molecule has 0 bridgehead atoms. The van der Waals surface area contributed by atoms with E-state index in [4.69, 9.17) is 5.84 Å². The summed E-state index contributed by atoms with van der Waals surface area (Å²) in [5.41, 5.74) is 4.80. The largest absolute Gasteiger partial charge is 0.308 e. The van der Waals surface area contributed by atoms with E-state index in [0.29, 0.717) is 17.5 Å². The zero-order valence-corrected chi connectivity index (χ0v) is 9.22. The van der Waals surface area contributed by atoms with E-state index in [0.717, 1.165) is 30.5 Å². The predicted octanol–water partition coefficient (Wildman–Crippen LogP) is 0.708.